The van der Waals surface area contributed by atoms with Gasteiger partial charge in [-0.2, -0.15) is 0 Å². The lowest BCUT2D eigenvalue weighted by atomic mass is 9.95. The molecule has 0 spiro atoms. The monoisotopic (exact) mass is 419 g/mol. The van der Waals surface area contributed by atoms with Crippen molar-refractivity contribution in [2.75, 3.05) is 45.7 Å². The van der Waals surface area contributed by atoms with Gasteiger partial charge in [-0.05, 0) is 19.7 Å². The van der Waals surface area contributed by atoms with Crippen molar-refractivity contribution in [3.8, 4) is 11.5 Å². The van der Waals surface area contributed by atoms with Gasteiger partial charge in [-0.3, -0.25) is 0 Å². The third-order valence-corrected chi connectivity index (χ3v) is 4.90. The van der Waals surface area contributed by atoms with Crippen molar-refractivity contribution in [3.63, 3.8) is 0 Å². The molecule has 1 aliphatic rings. The zero-order valence-corrected chi connectivity index (χ0v) is 17.3. The van der Waals surface area contributed by atoms with Crippen LogP contribution >= 0.6 is 11.6 Å². The second kappa shape index (κ2) is 9.82. The fourth-order valence-electron chi connectivity index (χ4n) is 3.22. The largest absolute Gasteiger partial charge is 0.486 e. The van der Waals surface area contributed by atoms with E-state index in [4.69, 9.17) is 21.1 Å². The predicted octanol–water partition coefficient (Wildman–Crippen LogP) is 3.14. The molecule has 2 amide bonds. The van der Waals surface area contributed by atoms with Gasteiger partial charge in [0, 0.05) is 31.1 Å². The average Bonchev–Trinajstić information content (AvgIpc) is 2.71. The SMILES string of the molecule is CN(C)C[C@@H](CNC(=O)Nc1cc2c(cc1Cl)OCCO2)[C@@H](O)c1ccccc1. The highest BCUT2D eigenvalue weighted by molar-refractivity contribution is 6.34. The number of ether oxygens (including phenoxy) is 2. The molecule has 2 aromatic rings. The van der Waals surface area contributed by atoms with E-state index in [0.29, 0.717) is 48.5 Å². The van der Waals surface area contributed by atoms with Crippen molar-refractivity contribution in [1.82, 2.24) is 10.2 Å². The summed E-state index contributed by atoms with van der Waals surface area (Å²) >= 11 is 6.24. The minimum atomic E-state index is -0.697. The van der Waals surface area contributed by atoms with Gasteiger partial charge in [-0.1, -0.05) is 41.9 Å². The van der Waals surface area contributed by atoms with Gasteiger partial charge in [0.1, 0.15) is 13.2 Å². The Morgan fingerprint density at radius 3 is 2.48 bits per heavy atom. The molecule has 8 heteroatoms. The lowest BCUT2D eigenvalue weighted by molar-refractivity contribution is 0.0911. The fraction of sp³-hybridized carbons (Fsp3) is 0.381. The molecule has 2 aromatic carbocycles. The molecule has 2 atom stereocenters. The van der Waals surface area contributed by atoms with Gasteiger partial charge >= 0.3 is 6.03 Å². The molecule has 0 unspecified atom stereocenters. The fourth-order valence-corrected chi connectivity index (χ4v) is 3.42. The van der Waals surface area contributed by atoms with Gasteiger partial charge < -0.3 is 30.1 Å². The van der Waals surface area contributed by atoms with Crippen molar-refractivity contribution < 1.29 is 19.4 Å². The summed E-state index contributed by atoms with van der Waals surface area (Å²) in [5, 5.41) is 16.7. The van der Waals surface area contributed by atoms with Crippen LogP contribution in [0, 0.1) is 5.92 Å². The van der Waals surface area contributed by atoms with Gasteiger partial charge in [0.15, 0.2) is 11.5 Å². The Labute approximate surface area is 175 Å². The first-order valence-corrected chi connectivity index (χ1v) is 9.83. The normalized spacial score (nSPS) is 14.9. The van der Waals surface area contributed by atoms with Crippen molar-refractivity contribution in [1.29, 1.82) is 0 Å². The van der Waals surface area contributed by atoms with E-state index < -0.39 is 12.1 Å². The number of halogens is 1. The molecule has 0 aliphatic carbocycles. The lowest BCUT2D eigenvalue weighted by Crippen LogP contribution is -2.39. The number of aliphatic hydroxyl groups is 1. The number of amides is 2. The highest BCUT2D eigenvalue weighted by Gasteiger charge is 2.23. The van der Waals surface area contributed by atoms with E-state index in [1.54, 1.807) is 12.1 Å². The minimum absolute atomic E-state index is 0.186. The van der Waals surface area contributed by atoms with Crippen LogP contribution in [0.25, 0.3) is 0 Å². The average molecular weight is 420 g/mol. The van der Waals surface area contributed by atoms with E-state index in [1.165, 1.54) is 0 Å². The number of urea groups is 1. The Kier molecular flexibility index (Phi) is 7.19. The van der Waals surface area contributed by atoms with E-state index in [0.717, 1.165) is 5.56 Å². The third-order valence-electron chi connectivity index (χ3n) is 4.59. The Morgan fingerprint density at radius 1 is 1.17 bits per heavy atom. The number of aliphatic hydroxyl groups excluding tert-OH is 1. The highest BCUT2D eigenvalue weighted by Crippen LogP contribution is 2.37. The molecule has 7 nitrogen and oxygen atoms in total. The predicted molar refractivity (Wildman–Crippen MR) is 113 cm³/mol. The number of carbonyl (C=O) groups excluding carboxylic acids is 1. The molecule has 29 heavy (non-hydrogen) atoms. The molecule has 1 heterocycles. The summed E-state index contributed by atoms with van der Waals surface area (Å²) in [7, 11) is 3.86. The molecule has 3 N–H and O–H groups in total. The molecular weight excluding hydrogens is 394 g/mol. The van der Waals surface area contributed by atoms with Gasteiger partial charge in [0.2, 0.25) is 0 Å². The van der Waals surface area contributed by atoms with E-state index >= 15 is 0 Å². The number of anilines is 1. The molecule has 0 saturated carbocycles. The summed E-state index contributed by atoms with van der Waals surface area (Å²) in [6.07, 6.45) is -0.697. The van der Waals surface area contributed by atoms with Crippen LogP contribution in [-0.4, -0.2) is 56.4 Å². The number of hydrogen-bond donors (Lipinski definition) is 3. The van der Waals surface area contributed by atoms with Gasteiger partial charge in [0.25, 0.3) is 0 Å². The number of nitrogens with one attached hydrogen (secondary N) is 2. The van der Waals surface area contributed by atoms with E-state index in [2.05, 4.69) is 10.6 Å². The van der Waals surface area contributed by atoms with Crippen LogP contribution in [-0.2, 0) is 0 Å². The first-order chi connectivity index (χ1) is 13.9. The Morgan fingerprint density at radius 2 is 1.83 bits per heavy atom. The van der Waals surface area contributed by atoms with Gasteiger partial charge in [0.05, 0.1) is 16.8 Å². The van der Waals surface area contributed by atoms with Crippen molar-refractivity contribution in [3.05, 3.63) is 53.1 Å². The molecule has 0 saturated heterocycles. The van der Waals surface area contributed by atoms with Crippen LogP contribution in [0.2, 0.25) is 5.02 Å². The molecular formula is C21H26ClN3O4. The molecule has 0 aromatic heterocycles. The smallest absolute Gasteiger partial charge is 0.319 e. The Bertz CT molecular complexity index is 832. The maximum Gasteiger partial charge on any atom is 0.319 e. The van der Waals surface area contributed by atoms with Crippen LogP contribution < -0.4 is 20.1 Å². The number of nitrogens with zero attached hydrogens (tertiary/aromatic N) is 1. The van der Waals surface area contributed by atoms with Crippen LogP contribution in [0.4, 0.5) is 10.5 Å². The van der Waals surface area contributed by atoms with Crippen LogP contribution in [0.1, 0.15) is 11.7 Å². The maximum absolute atomic E-state index is 12.4. The van der Waals surface area contributed by atoms with Crippen molar-refractivity contribution in [2.24, 2.45) is 5.92 Å². The number of fused-ring (bicyclic) bond motifs is 1. The first-order valence-electron chi connectivity index (χ1n) is 9.46. The van der Waals surface area contributed by atoms with Gasteiger partial charge in [-0.15, -0.1) is 0 Å². The highest BCUT2D eigenvalue weighted by atomic mass is 35.5. The third kappa shape index (κ3) is 5.76. The maximum atomic E-state index is 12.4. The molecule has 1 aliphatic heterocycles. The topological polar surface area (TPSA) is 83.1 Å². The summed E-state index contributed by atoms with van der Waals surface area (Å²) < 4.78 is 11.0. The second-order valence-corrected chi connectivity index (χ2v) is 7.60. The lowest BCUT2D eigenvalue weighted by Gasteiger charge is -2.26. The Balaban J connectivity index is 1.63. The summed E-state index contributed by atoms with van der Waals surface area (Å²) in [5.41, 5.74) is 1.25. The number of carbonyl (C=O) groups is 1. The van der Waals surface area contributed by atoms with E-state index in [1.807, 2.05) is 49.3 Å². The van der Waals surface area contributed by atoms with E-state index in [-0.39, 0.29) is 5.92 Å². The summed E-state index contributed by atoms with van der Waals surface area (Å²) in [6.45, 7) is 1.82. The molecule has 0 bridgehead atoms. The summed E-state index contributed by atoms with van der Waals surface area (Å²) in [4.78, 5) is 14.4. The second-order valence-electron chi connectivity index (χ2n) is 7.19. The zero-order chi connectivity index (χ0) is 20.8. The Hall–Kier alpha value is -2.48. The summed E-state index contributed by atoms with van der Waals surface area (Å²) in [5.74, 6) is 0.916. The first kappa shape index (κ1) is 21.2. The zero-order valence-electron chi connectivity index (χ0n) is 16.5. The number of hydrogen-bond acceptors (Lipinski definition) is 5. The van der Waals surface area contributed by atoms with Gasteiger partial charge in [-0.25, -0.2) is 4.79 Å². The molecule has 0 radical (unpaired) electrons. The quantitative estimate of drug-likeness (QED) is 0.642. The molecule has 3 rings (SSSR count). The number of benzene rings is 2. The van der Waals surface area contributed by atoms with Crippen molar-refractivity contribution in [2.45, 2.75) is 6.10 Å². The number of rotatable bonds is 7. The summed E-state index contributed by atoms with van der Waals surface area (Å²) in [6, 6.07) is 12.3. The molecule has 156 valence electrons. The molecule has 0 fully saturated rings. The standard InChI is InChI=1S/C21H26ClN3O4/c1-25(2)13-15(20(26)14-6-4-3-5-7-14)12-23-21(27)24-17-11-19-18(10-16(17)22)28-8-9-29-19/h3-7,10-11,15,20,26H,8-9,12-13H2,1-2H3,(H2,23,24,27)/t15-,20+/m1/s1. The van der Waals surface area contributed by atoms with Crippen LogP contribution in [0.3, 0.4) is 0 Å². The van der Waals surface area contributed by atoms with Crippen molar-refractivity contribution >= 4 is 23.3 Å². The van der Waals surface area contributed by atoms with E-state index in [9.17, 15) is 9.90 Å². The van der Waals surface area contributed by atoms with Crippen LogP contribution in [0.15, 0.2) is 42.5 Å². The minimum Gasteiger partial charge on any atom is -0.486 e. The van der Waals surface area contributed by atoms with Crippen LogP contribution in [0.5, 0.6) is 11.5 Å².